The Labute approximate surface area is 130 Å². The van der Waals surface area contributed by atoms with Crippen LogP contribution in [0.25, 0.3) is 0 Å². The summed E-state index contributed by atoms with van der Waals surface area (Å²) in [7, 11) is 0. The van der Waals surface area contributed by atoms with Crippen LogP contribution in [0.15, 0.2) is 21.1 Å². The van der Waals surface area contributed by atoms with Crippen molar-refractivity contribution in [3.63, 3.8) is 0 Å². The predicted octanol–water partition coefficient (Wildman–Crippen LogP) is 3.38. The number of rotatable bonds is 6. The summed E-state index contributed by atoms with van der Waals surface area (Å²) in [6.45, 7) is 4.43. The molecule has 0 bridgehead atoms. The van der Waals surface area contributed by atoms with Crippen LogP contribution in [0.2, 0.25) is 0 Å². The molecule has 0 saturated carbocycles. The third-order valence-electron chi connectivity index (χ3n) is 2.72. The Kier molecular flexibility index (Phi) is 6.29. The van der Waals surface area contributed by atoms with E-state index in [1.807, 2.05) is 26.0 Å². The number of nitrogens with two attached hydrogens (primary N) is 1. The van der Waals surface area contributed by atoms with Gasteiger partial charge in [0.25, 0.3) is 0 Å². The highest BCUT2D eigenvalue weighted by atomic mass is 79.9. The number of benzene rings is 1. The molecule has 0 heterocycles. The van der Waals surface area contributed by atoms with Gasteiger partial charge in [0.2, 0.25) is 0 Å². The van der Waals surface area contributed by atoms with Crippen molar-refractivity contribution < 1.29 is 9.90 Å². The molecule has 19 heavy (non-hydrogen) atoms. The van der Waals surface area contributed by atoms with E-state index in [1.54, 1.807) is 0 Å². The first-order valence-electron chi connectivity index (χ1n) is 6.00. The summed E-state index contributed by atoms with van der Waals surface area (Å²) in [5.41, 5.74) is 7.46. The fourth-order valence-corrected chi connectivity index (χ4v) is 3.07. The van der Waals surface area contributed by atoms with Crippen molar-refractivity contribution in [1.29, 1.82) is 0 Å². The van der Waals surface area contributed by atoms with Crippen molar-refractivity contribution >= 4 is 43.5 Å². The minimum absolute atomic E-state index is 0.320. The van der Waals surface area contributed by atoms with E-state index in [-0.39, 0.29) is 0 Å². The summed E-state index contributed by atoms with van der Waals surface area (Å²) < 4.78 is 1.70. The summed E-state index contributed by atoms with van der Waals surface area (Å²) in [6.07, 6.45) is 0.588. The first-order chi connectivity index (χ1) is 8.81. The molecule has 0 aromatic heterocycles. The van der Waals surface area contributed by atoms with Crippen molar-refractivity contribution in [2.24, 2.45) is 5.92 Å². The fourth-order valence-electron chi connectivity index (χ4n) is 1.76. The average Bonchev–Trinajstić information content (AvgIpc) is 2.29. The minimum Gasteiger partial charge on any atom is -0.480 e. The lowest BCUT2D eigenvalue weighted by molar-refractivity contribution is -0.140. The van der Waals surface area contributed by atoms with Gasteiger partial charge >= 0.3 is 5.97 Å². The first kappa shape index (κ1) is 16.5. The second kappa shape index (κ2) is 7.26. The van der Waals surface area contributed by atoms with Crippen molar-refractivity contribution in [3.05, 3.63) is 26.6 Å². The number of aliphatic carboxylic acids is 1. The zero-order valence-electron chi connectivity index (χ0n) is 10.9. The molecule has 1 atom stereocenters. The van der Waals surface area contributed by atoms with Crippen LogP contribution < -0.4 is 11.1 Å². The van der Waals surface area contributed by atoms with E-state index in [2.05, 4.69) is 37.2 Å². The van der Waals surface area contributed by atoms with Gasteiger partial charge in [-0.25, -0.2) is 0 Å². The van der Waals surface area contributed by atoms with Gasteiger partial charge in [-0.15, -0.1) is 0 Å². The molecule has 0 aliphatic rings. The normalized spacial score (nSPS) is 12.7. The topological polar surface area (TPSA) is 75.3 Å². The van der Waals surface area contributed by atoms with Crippen LogP contribution in [-0.4, -0.2) is 17.1 Å². The zero-order chi connectivity index (χ0) is 14.6. The smallest absolute Gasteiger partial charge is 0.320 e. The van der Waals surface area contributed by atoms with Crippen LogP contribution in [-0.2, 0) is 11.3 Å². The van der Waals surface area contributed by atoms with E-state index >= 15 is 0 Å². The second-order valence-corrected chi connectivity index (χ2v) is 6.63. The summed E-state index contributed by atoms with van der Waals surface area (Å²) in [5, 5.41) is 12.2. The quantitative estimate of drug-likeness (QED) is 0.647. The number of carbonyl (C=O) groups is 1. The second-order valence-electron chi connectivity index (χ2n) is 4.86. The van der Waals surface area contributed by atoms with Crippen LogP contribution in [0.5, 0.6) is 0 Å². The molecule has 4 N–H and O–H groups in total. The lowest BCUT2D eigenvalue weighted by Crippen LogP contribution is -2.37. The number of halogens is 2. The third-order valence-corrected chi connectivity index (χ3v) is 3.84. The van der Waals surface area contributed by atoms with Crippen molar-refractivity contribution in [1.82, 2.24) is 5.32 Å². The SMILES string of the molecule is CC(C)C[C@@H](NCc1cc(Br)cc(Br)c1N)C(=O)O. The van der Waals surface area contributed by atoms with E-state index in [4.69, 9.17) is 10.8 Å². The van der Waals surface area contributed by atoms with Crippen LogP contribution >= 0.6 is 31.9 Å². The highest BCUT2D eigenvalue weighted by Gasteiger charge is 2.18. The number of nitrogen functional groups attached to an aromatic ring is 1. The van der Waals surface area contributed by atoms with E-state index < -0.39 is 12.0 Å². The van der Waals surface area contributed by atoms with Crippen molar-refractivity contribution in [3.8, 4) is 0 Å². The van der Waals surface area contributed by atoms with Gasteiger partial charge in [0.1, 0.15) is 6.04 Å². The van der Waals surface area contributed by atoms with E-state index in [1.165, 1.54) is 0 Å². The van der Waals surface area contributed by atoms with E-state index in [0.29, 0.717) is 24.6 Å². The highest BCUT2D eigenvalue weighted by Crippen LogP contribution is 2.28. The average molecular weight is 394 g/mol. The number of carboxylic acid groups (broad SMARTS) is 1. The fraction of sp³-hybridized carbons (Fsp3) is 0.462. The Morgan fingerprint density at radius 2 is 2.05 bits per heavy atom. The van der Waals surface area contributed by atoms with Crippen LogP contribution in [0.4, 0.5) is 5.69 Å². The van der Waals surface area contributed by atoms with Gasteiger partial charge in [0.05, 0.1) is 5.69 Å². The van der Waals surface area contributed by atoms with Gasteiger partial charge in [-0.3, -0.25) is 4.79 Å². The number of hydrogen-bond acceptors (Lipinski definition) is 3. The molecule has 1 aromatic rings. The molecular weight excluding hydrogens is 376 g/mol. The molecule has 1 aromatic carbocycles. The van der Waals surface area contributed by atoms with Gasteiger partial charge in [-0.2, -0.15) is 0 Å². The molecule has 4 nitrogen and oxygen atoms in total. The molecule has 0 amide bonds. The van der Waals surface area contributed by atoms with Crippen LogP contribution in [0.1, 0.15) is 25.8 Å². The van der Waals surface area contributed by atoms with Gasteiger partial charge < -0.3 is 16.2 Å². The summed E-state index contributed by atoms with van der Waals surface area (Å²) in [6, 6.07) is 3.19. The van der Waals surface area contributed by atoms with Crippen molar-refractivity contribution in [2.45, 2.75) is 32.9 Å². The maximum atomic E-state index is 11.2. The molecule has 0 radical (unpaired) electrons. The summed E-state index contributed by atoms with van der Waals surface area (Å²) >= 11 is 6.77. The van der Waals surface area contributed by atoms with Crippen LogP contribution in [0.3, 0.4) is 0 Å². The summed E-state index contributed by atoms with van der Waals surface area (Å²) in [5.74, 6) is -0.512. The molecule has 0 aliphatic carbocycles. The molecule has 0 fully saturated rings. The van der Waals surface area contributed by atoms with E-state index in [0.717, 1.165) is 14.5 Å². The molecular formula is C13H18Br2N2O2. The number of hydrogen-bond donors (Lipinski definition) is 3. The number of carboxylic acids is 1. The standard InChI is InChI=1S/C13H18Br2N2O2/c1-7(2)3-11(13(18)19)17-6-8-4-9(14)5-10(15)12(8)16/h4-5,7,11,17H,3,6,16H2,1-2H3,(H,18,19)/t11-/m1/s1. The maximum absolute atomic E-state index is 11.2. The lowest BCUT2D eigenvalue weighted by Gasteiger charge is -2.17. The molecule has 1 rings (SSSR count). The third kappa shape index (κ3) is 5.12. The van der Waals surface area contributed by atoms with Gasteiger partial charge in [-0.05, 0) is 46.0 Å². The molecule has 0 aliphatic heterocycles. The Balaban J connectivity index is 2.77. The van der Waals surface area contributed by atoms with Crippen molar-refractivity contribution in [2.75, 3.05) is 5.73 Å². The van der Waals surface area contributed by atoms with Crippen LogP contribution in [0, 0.1) is 5.92 Å². The Bertz CT molecular complexity index is 464. The Morgan fingerprint density at radius 3 is 2.58 bits per heavy atom. The highest BCUT2D eigenvalue weighted by molar-refractivity contribution is 9.11. The molecule has 106 valence electrons. The van der Waals surface area contributed by atoms with Gasteiger partial charge in [-0.1, -0.05) is 29.8 Å². The van der Waals surface area contributed by atoms with E-state index in [9.17, 15) is 4.79 Å². The first-order valence-corrected chi connectivity index (χ1v) is 7.59. The molecule has 0 unspecified atom stereocenters. The van der Waals surface area contributed by atoms with Gasteiger partial charge in [0, 0.05) is 15.5 Å². The maximum Gasteiger partial charge on any atom is 0.320 e. The predicted molar refractivity (Wildman–Crippen MR) is 84.0 cm³/mol. The minimum atomic E-state index is -0.832. The number of nitrogens with one attached hydrogen (secondary N) is 1. The lowest BCUT2D eigenvalue weighted by atomic mass is 10.0. The molecule has 6 heteroatoms. The monoisotopic (exact) mass is 392 g/mol. The summed E-state index contributed by atoms with van der Waals surface area (Å²) in [4.78, 5) is 11.2. The number of anilines is 1. The largest absolute Gasteiger partial charge is 0.480 e. The Morgan fingerprint density at radius 1 is 1.42 bits per heavy atom. The van der Waals surface area contributed by atoms with Gasteiger partial charge in [0.15, 0.2) is 0 Å². The Hall–Kier alpha value is -0.590. The molecule has 0 saturated heterocycles. The molecule has 0 spiro atoms. The zero-order valence-corrected chi connectivity index (χ0v) is 14.1.